The summed E-state index contributed by atoms with van der Waals surface area (Å²) in [6.45, 7) is 4.87. The van der Waals surface area contributed by atoms with Crippen molar-refractivity contribution in [1.29, 1.82) is 0 Å². The molecular weight excluding hydrogens is 336 g/mol. The molecule has 0 N–H and O–H groups in total. The van der Waals surface area contributed by atoms with Gasteiger partial charge in [-0.25, -0.2) is 9.78 Å². The van der Waals surface area contributed by atoms with Crippen LogP contribution in [0.15, 0.2) is 34.0 Å². The molecule has 0 atom stereocenters. The van der Waals surface area contributed by atoms with Crippen molar-refractivity contribution in [3.63, 3.8) is 0 Å². The Morgan fingerprint density at radius 1 is 1.12 bits per heavy atom. The molecule has 136 valence electrons. The molecule has 0 spiro atoms. The average molecular weight is 356 g/mol. The Labute approximate surface area is 150 Å². The van der Waals surface area contributed by atoms with Crippen LogP contribution in [0.2, 0.25) is 0 Å². The maximum absolute atomic E-state index is 12.5. The summed E-state index contributed by atoms with van der Waals surface area (Å²) >= 11 is 0. The third-order valence-corrected chi connectivity index (χ3v) is 4.09. The van der Waals surface area contributed by atoms with Crippen molar-refractivity contribution in [2.24, 2.45) is 7.05 Å². The van der Waals surface area contributed by atoms with Crippen LogP contribution in [-0.4, -0.2) is 32.8 Å². The van der Waals surface area contributed by atoms with E-state index in [9.17, 15) is 9.59 Å². The fourth-order valence-electron chi connectivity index (χ4n) is 2.70. The van der Waals surface area contributed by atoms with Crippen LogP contribution >= 0.6 is 0 Å². The van der Waals surface area contributed by atoms with Crippen LogP contribution in [-0.2, 0) is 13.6 Å². The minimum Gasteiger partial charge on any atom is -0.493 e. The summed E-state index contributed by atoms with van der Waals surface area (Å²) in [5.74, 6) is 1.49. The van der Waals surface area contributed by atoms with E-state index in [0.29, 0.717) is 30.3 Å². The minimum absolute atomic E-state index is 0.152. The first-order valence-corrected chi connectivity index (χ1v) is 8.29. The number of ether oxygens (including phenoxy) is 2. The molecule has 0 aromatic heterocycles. The van der Waals surface area contributed by atoms with Crippen LogP contribution < -0.4 is 20.7 Å². The third-order valence-electron chi connectivity index (χ3n) is 4.09. The number of nitrogens with zero attached hydrogens (tertiary/aromatic N) is 4. The maximum atomic E-state index is 12.5. The average Bonchev–Trinajstić information content (AvgIpc) is 2.66. The summed E-state index contributed by atoms with van der Waals surface area (Å²) in [4.78, 5) is 32.7. The van der Waals surface area contributed by atoms with E-state index >= 15 is 0 Å². The van der Waals surface area contributed by atoms with Gasteiger partial charge in [-0.15, -0.1) is 0 Å². The van der Waals surface area contributed by atoms with E-state index in [1.54, 1.807) is 30.0 Å². The molecule has 8 nitrogen and oxygen atoms in total. The second-order valence-corrected chi connectivity index (χ2v) is 5.64. The number of fused-ring (bicyclic) bond motifs is 1. The summed E-state index contributed by atoms with van der Waals surface area (Å²) in [5, 5.41) is 0. The van der Waals surface area contributed by atoms with Gasteiger partial charge in [0.05, 0.1) is 19.4 Å². The zero-order valence-corrected chi connectivity index (χ0v) is 15.1. The van der Waals surface area contributed by atoms with Gasteiger partial charge in [0, 0.05) is 25.4 Å². The molecular formula is C18H20N4O4. The van der Waals surface area contributed by atoms with Crippen LogP contribution in [0.5, 0.6) is 11.5 Å². The second-order valence-electron chi connectivity index (χ2n) is 5.64. The summed E-state index contributed by atoms with van der Waals surface area (Å²) in [6.07, 6.45) is 1.77. The molecule has 1 aromatic carbocycles. The van der Waals surface area contributed by atoms with E-state index in [-0.39, 0.29) is 11.5 Å². The summed E-state index contributed by atoms with van der Waals surface area (Å²) in [5.41, 5.74) is 0.434. The van der Waals surface area contributed by atoms with Gasteiger partial charge in [-0.3, -0.25) is 9.36 Å². The fraction of sp³-hybridized carbons (Fsp3) is 0.333. The van der Waals surface area contributed by atoms with Crippen LogP contribution in [0.1, 0.15) is 13.8 Å². The van der Waals surface area contributed by atoms with E-state index in [4.69, 9.17) is 9.47 Å². The van der Waals surface area contributed by atoms with Gasteiger partial charge in [0.1, 0.15) is 0 Å². The van der Waals surface area contributed by atoms with E-state index < -0.39 is 11.2 Å². The van der Waals surface area contributed by atoms with Gasteiger partial charge in [-0.2, -0.15) is 4.98 Å². The molecule has 0 saturated carbocycles. The standard InChI is InChI=1S/C18H20N4O4/c1-5-22-10-12(11-7-8-13(26-6-2)14(9-11)25-4)19-15-16(22)20-18(24)21(3)17(15)23/h7-10H,5-6H2,1-4H3. The lowest BCUT2D eigenvalue weighted by molar-refractivity contribution is 0.311. The number of aromatic nitrogens is 4. The van der Waals surface area contributed by atoms with E-state index in [0.717, 1.165) is 10.1 Å². The molecule has 0 unspecified atom stereocenters. The molecule has 2 aliphatic rings. The molecule has 26 heavy (non-hydrogen) atoms. The summed E-state index contributed by atoms with van der Waals surface area (Å²) in [7, 11) is 2.96. The maximum Gasteiger partial charge on any atom is 0.352 e. The van der Waals surface area contributed by atoms with Crippen molar-refractivity contribution in [1.82, 2.24) is 19.1 Å². The normalized spacial score (nSPS) is 10.9. The quantitative estimate of drug-likeness (QED) is 0.689. The lowest BCUT2D eigenvalue weighted by atomic mass is 10.1. The number of hydrogen-bond acceptors (Lipinski definition) is 6. The van der Waals surface area contributed by atoms with Gasteiger partial charge >= 0.3 is 5.69 Å². The molecule has 3 rings (SSSR count). The number of aryl methyl sites for hydroxylation is 1. The largest absolute Gasteiger partial charge is 0.493 e. The van der Waals surface area contributed by atoms with Gasteiger partial charge in [0.15, 0.2) is 23.0 Å². The highest BCUT2D eigenvalue weighted by Crippen LogP contribution is 2.32. The van der Waals surface area contributed by atoms with Crippen molar-refractivity contribution in [2.45, 2.75) is 20.4 Å². The highest BCUT2D eigenvalue weighted by atomic mass is 16.5. The van der Waals surface area contributed by atoms with Crippen molar-refractivity contribution in [2.75, 3.05) is 13.7 Å². The molecule has 0 radical (unpaired) electrons. The molecule has 0 fully saturated rings. The Kier molecular flexibility index (Phi) is 4.75. The van der Waals surface area contributed by atoms with E-state index in [1.807, 2.05) is 19.9 Å². The molecule has 8 heteroatoms. The smallest absolute Gasteiger partial charge is 0.352 e. The van der Waals surface area contributed by atoms with Crippen LogP contribution in [0, 0.1) is 0 Å². The van der Waals surface area contributed by atoms with Gasteiger partial charge in [-0.05, 0) is 32.0 Å². The van der Waals surface area contributed by atoms with E-state index in [2.05, 4.69) is 9.97 Å². The van der Waals surface area contributed by atoms with Crippen LogP contribution in [0.25, 0.3) is 22.8 Å². The number of hydrogen-bond donors (Lipinski definition) is 0. The Morgan fingerprint density at radius 3 is 2.54 bits per heavy atom. The first-order chi connectivity index (χ1) is 12.5. The third kappa shape index (κ3) is 2.94. The van der Waals surface area contributed by atoms with Gasteiger partial charge in [-0.1, -0.05) is 0 Å². The Morgan fingerprint density at radius 2 is 1.88 bits per heavy atom. The van der Waals surface area contributed by atoms with Gasteiger partial charge in [0.25, 0.3) is 5.56 Å². The Hall–Kier alpha value is -3.16. The number of rotatable bonds is 5. The first-order valence-electron chi connectivity index (χ1n) is 8.29. The first kappa shape index (κ1) is 17.7. The molecule has 2 heterocycles. The summed E-state index contributed by atoms with van der Waals surface area (Å²) in [6, 6.07) is 5.46. The lowest BCUT2D eigenvalue weighted by Crippen LogP contribution is -2.36. The highest BCUT2D eigenvalue weighted by Gasteiger charge is 2.19. The Bertz CT molecular complexity index is 1040. The SMILES string of the molecule is CCOc1ccc(-c2cn(CC)c3nc(=O)n(C)c(=O)c-3n2)cc1OC. The molecule has 0 amide bonds. The summed E-state index contributed by atoms with van der Waals surface area (Å²) < 4.78 is 13.6. The number of benzene rings is 1. The Balaban J connectivity index is 2.25. The molecule has 1 aromatic rings. The van der Waals surface area contributed by atoms with Crippen LogP contribution in [0.3, 0.4) is 0 Å². The molecule has 0 bridgehead atoms. The van der Waals surface area contributed by atoms with Crippen molar-refractivity contribution in [3.8, 4) is 34.3 Å². The predicted octanol–water partition coefficient (Wildman–Crippen LogP) is 1.54. The highest BCUT2D eigenvalue weighted by molar-refractivity contribution is 5.66. The van der Waals surface area contributed by atoms with Crippen molar-refractivity contribution in [3.05, 3.63) is 45.2 Å². The molecule has 2 aliphatic heterocycles. The lowest BCUT2D eigenvalue weighted by Gasteiger charge is -2.15. The van der Waals surface area contributed by atoms with Gasteiger partial charge in [0.2, 0.25) is 0 Å². The monoisotopic (exact) mass is 356 g/mol. The van der Waals surface area contributed by atoms with Crippen LogP contribution in [0.4, 0.5) is 0 Å². The fourth-order valence-corrected chi connectivity index (χ4v) is 2.70. The molecule has 0 saturated heterocycles. The van der Waals surface area contributed by atoms with Crippen molar-refractivity contribution < 1.29 is 9.47 Å². The zero-order chi connectivity index (χ0) is 18.8. The predicted molar refractivity (Wildman–Crippen MR) is 97.0 cm³/mol. The second kappa shape index (κ2) is 6.99. The van der Waals surface area contributed by atoms with E-state index in [1.165, 1.54) is 7.05 Å². The minimum atomic E-state index is -0.595. The number of methoxy groups -OCH3 is 1. The molecule has 0 aliphatic carbocycles. The topological polar surface area (TPSA) is 88.2 Å². The van der Waals surface area contributed by atoms with Gasteiger partial charge < -0.3 is 14.0 Å². The van der Waals surface area contributed by atoms with Crippen molar-refractivity contribution >= 4 is 0 Å². The zero-order valence-electron chi connectivity index (χ0n) is 15.1.